The first-order valence-corrected chi connectivity index (χ1v) is 7.88. The van der Waals surface area contributed by atoms with Crippen LogP contribution in [0.4, 0.5) is 5.69 Å². The highest BCUT2D eigenvalue weighted by Gasteiger charge is 2.14. The molecule has 1 saturated carbocycles. The van der Waals surface area contributed by atoms with Gasteiger partial charge in [-0.1, -0.05) is 25.3 Å². The van der Waals surface area contributed by atoms with E-state index >= 15 is 0 Å². The average molecular weight is 260 g/mol. The number of thioether (sulfide) groups is 1. The predicted octanol–water partition coefficient (Wildman–Crippen LogP) is 4.27. The quantitative estimate of drug-likeness (QED) is 0.821. The van der Waals surface area contributed by atoms with Gasteiger partial charge in [0.15, 0.2) is 0 Å². The molecule has 1 aliphatic rings. The first-order valence-electron chi connectivity index (χ1n) is 6.66. The first kappa shape index (κ1) is 13.3. The molecule has 0 bridgehead atoms. The number of rotatable bonds is 4. The Hall–Kier alpha value is -1.14. The molecule has 1 aromatic carbocycles. The lowest BCUT2D eigenvalue weighted by Crippen LogP contribution is -2.17. The molecular weight excluding hydrogens is 240 g/mol. The summed E-state index contributed by atoms with van der Waals surface area (Å²) >= 11 is 1.63. The zero-order chi connectivity index (χ0) is 12.8. The zero-order valence-electron chi connectivity index (χ0n) is 10.9. The van der Waals surface area contributed by atoms with Gasteiger partial charge < -0.3 is 5.32 Å². The van der Waals surface area contributed by atoms with Crippen LogP contribution in [0.1, 0.15) is 37.7 Å². The highest BCUT2D eigenvalue weighted by molar-refractivity contribution is 7.98. The Morgan fingerprint density at radius 2 is 2.11 bits per heavy atom. The molecule has 0 atom stereocenters. The van der Waals surface area contributed by atoms with E-state index in [1.807, 2.05) is 24.5 Å². The summed E-state index contributed by atoms with van der Waals surface area (Å²) in [6.07, 6.45) is 8.79. The van der Waals surface area contributed by atoms with Gasteiger partial charge in [-0.25, -0.2) is 0 Å². The van der Waals surface area contributed by atoms with E-state index in [1.165, 1.54) is 32.1 Å². The van der Waals surface area contributed by atoms with Crippen LogP contribution in [-0.2, 0) is 0 Å². The Labute approximate surface area is 114 Å². The van der Waals surface area contributed by atoms with Crippen LogP contribution in [-0.4, -0.2) is 12.8 Å². The van der Waals surface area contributed by atoms with Crippen LogP contribution >= 0.6 is 11.8 Å². The molecule has 2 rings (SSSR count). The van der Waals surface area contributed by atoms with Crippen molar-refractivity contribution in [1.82, 2.24) is 0 Å². The van der Waals surface area contributed by atoms with E-state index < -0.39 is 0 Å². The van der Waals surface area contributed by atoms with Gasteiger partial charge >= 0.3 is 0 Å². The molecule has 1 aromatic rings. The summed E-state index contributed by atoms with van der Waals surface area (Å²) in [4.78, 5) is 1.06. The lowest BCUT2D eigenvalue weighted by Gasteiger charge is -2.22. The molecule has 1 N–H and O–H groups in total. The standard InChI is InChI=1S/C15H20N2S/c1-18-15-9-5-8-14(13(15)10-16)17-11-12-6-3-2-4-7-12/h5,8-9,12,17H,2-4,6-7,11H2,1H3. The molecule has 0 amide bonds. The molecule has 18 heavy (non-hydrogen) atoms. The summed E-state index contributed by atoms with van der Waals surface area (Å²) in [5.74, 6) is 0.781. The molecular formula is C15H20N2S. The van der Waals surface area contributed by atoms with Crippen LogP contribution in [0.2, 0.25) is 0 Å². The normalized spacial score (nSPS) is 16.2. The van der Waals surface area contributed by atoms with Crippen molar-refractivity contribution in [1.29, 1.82) is 5.26 Å². The van der Waals surface area contributed by atoms with E-state index in [2.05, 4.69) is 11.4 Å². The predicted molar refractivity (Wildman–Crippen MR) is 78.0 cm³/mol. The van der Waals surface area contributed by atoms with Crippen LogP contribution in [0, 0.1) is 17.2 Å². The second kappa shape index (κ2) is 6.70. The fourth-order valence-corrected chi connectivity index (χ4v) is 3.18. The summed E-state index contributed by atoms with van der Waals surface area (Å²) in [7, 11) is 0. The van der Waals surface area contributed by atoms with Crippen molar-refractivity contribution in [3.8, 4) is 6.07 Å². The van der Waals surface area contributed by atoms with Gasteiger partial charge in [0.1, 0.15) is 6.07 Å². The molecule has 0 unspecified atom stereocenters. The average Bonchev–Trinajstić information content (AvgIpc) is 2.45. The number of benzene rings is 1. The SMILES string of the molecule is CSc1cccc(NCC2CCCCC2)c1C#N. The minimum atomic E-state index is 0.781. The van der Waals surface area contributed by atoms with Crippen LogP contribution in [0.15, 0.2) is 23.1 Å². The van der Waals surface area contributed by atoms with Crippen molar-refractivity contribution < 1.29 is 0 Å². The van der Waals surface area contributed by atoms with Gasteiger partial charge in [0.05, 0.1) is 11.3 Å². The van der Waals surface area contributed by atoms with Gasteiger partial charge in [0.25, 0.3) is 0 Å². The Morgan fingerprint density at radius 1 is 1.33 bits per heavy atom. The third-order valence-corrected chi connectivity index (χ3v) is 4.44. The maximum Gasteiger partial charge on any atom is 0.102 e. The third-order valence-electron chi connectivity index (χ3n) is 3.66. The van der Waals surface area contributed by atoms with E-state index in [1.54, 1.807) is 11.8 Å². The molecule has 96 valence electrons. The number of nitriles is 1. The summed E-state index contributed by atoms with van der Waals surface area (Å²) in [6, 6.07) is 8.37. The Kier molecular flexibility index (Phi) is 4.95. The van der Waals surface area contributed by atoms with Crippen LogP contribution in [0.25, 0.3) is 0 Å². The highest BCUT2D eigenvalue weighted by Crippen LogP contribution is 2.28. The molecule has 0 heterocycles. The van der Waals surface area contributed by atoms with E-state index in [0.717, 1.165) is 28.6 Å². The highest BCUT2D eigenvalue weighted by atomic mass is 32.2. The van der Waals surface area contributed by atoms with Crippen LogP contribution in [0.3, 0.4) is 0 Å². The monoisotopic (exact) mass is 260 g/mol. The Balaban J connectivity index is 2.02. The van der Waals surface area contributed by atoms with Crippen molar-refractivity contribution in [3.05, 3.63) is 23.8 Å². The number of hydrogen-bond acceptors (Lipinski definition) is 3. The van der Waals surface area contributed by atoms with Gasteiger partial charge in [0, 0.05) is 11.4 Å². The minimum absolute atomic E-state index is 0.781. The third kappa shape index (κ3) is 3.20. The van der Waals surface area contributed by atoms with E-state index in [4.69, 9.17) is 0 Å². The van der Waals surface area contributed by atoms with Gasteiger partial charge in [-0.05, 0) is 37.1 Å². The fraction of sp³-hybridized carbons (Fsp3) is 0.533. The van der Waals surface area contributed by atoms with Crippen LogP contribution < -0.4 is 5.32 Å². The molecule has 0 aromatic heterocycles. The van der Waals surface area contributed by atoms with Crippen molar-refractivity contribution in [3.63, 3.8) is 0 Å². The Bertz CT molecular complexity index is 431. The maximum absolute atomic E-state index is 9.26. The molecule has 0 radical (unpaired) electrons. The topological polar surface area (TPSA) is 35.8 Å². The number of hydrogen-bond donors (Lipinski definition) is 1. The maximum atomic E-state index is 9.26. The molecule has 3 heteroatoms. The largest absolute Gasteiger partial charge is 0.384 e. The second-order valence-electron chi connectivity index (χ2n) is 4.88. The molecule has 1 aliphatic carbocycles. The smallest absolute Gasteiger partial charge is 0.102 e. The molecule has 0 spiro atoms. The van der Waals surface area contributed by atoms with Crippen molar-refractivity contribution in [2.45, 2.75) is 37.0 Å². The van der Waals surface area contributed by atoms with Gasteiger partial charge in [0.2, 0.25) is 0 Å². The van der Waals surface area contributed by atoms with Gasteiger partial charge in [-0.15, -0.1) is 11.8 Å². The molecule has 1 fully saturated rings. The van der Waals surface area contributed by atoms with Crippen molar-refractivity contribution in [2.75, 3.05) is 18.1 Å². The summed E-state index contributed by atoms with van der Waals surface area (Å²) in [5, 5.41) is 12.7. The molecule has 0 saturated heterocycles. The molecule has 2 nitrogen and oxygen atoms in total. The number of anilines is 1. The Morgan fingerprint density at radius 3 is 2.78 bits per heavy atom. The van der Waals surface area contributed by atoms with Crippen molar-refractivity contribution in [2.24, 2.45) is 5.92 Å². The zero-order valence-corrected chi connectivity index (χ0v) is 11.7. The first-order chi connectivity index (χ1) is 8.85. The summed E-state index contributed by atoms with van der Waals surface area (Å²) in [6.45, 7) is 1.01. The van der Waals surface area contributed by atoms with Gasteiger partial charge in [-0.2, -0.15) is 5.26 Å². The van der Waals surface area contributed by atoms with E-state index in [9.17, 15) is 5.26 Å². The summed E-state index contributed by atoms with van der Waals surface area (Å²) in [5.41, 5.74) is 1.79. The van der Waals surface area contributed by atoms with Crippen LogP contribution in [0.5, 0.6) is 0 Å². The lowest BCUT2D eigenvalue weighted by molar-refractivity contribution is 0.373. The minimum Gasteiger partial charge on any atom is -0.384 e. The summed E-state index contributed by atoms with van der Waals surface area (Å²) < 4.78 is 0. The van der Waals surface area contributed by atoms with Crippen molar-refractivity contribution >= 4 is 17.4 Å². The number of nitrogens with zero attached hydrogens (tertiary/aromatic N) is 1. The van der Waals surface area contributed by atoms with E-state index in [0.29, 0.717) is 0 Å². The second-order valence-corrected chi connectivity index (χ2v) is 5.73. The fourth-order valence-electron chi connectivity index (χ4n) is 2.61. The van der Waals surface area contributed by atoms with Gasteiger partial charge in [-0.3, -0.25) is 0 Å². The lowest BCUT2D eigenvalue weighted by atomic mass is 9.89. The van der Waals surface area contributed by atoms with E-state index in [-0.39, 0.29) is 0 Å². The molecule has 0 aliphatic heterocycles. The number of nitrogens with one attached hydrogen (secondary N) is 1.